The monoisotopic (exact) mass is 336 g/mol. The smallest absolute Gasteiger partial charge is 0.263 e. The van der Waals surface area contributed by atoms with Gasteiger partial charge in [0.15, 0.2) is 0 Å². The van der Waals surface area contributed by atoms with E-state index >= 15 is 0 Å². The van der Waals surface area contributed by atoms with Gasteiger partial charge in [0.05, 0.1) is 12.6 Å². The molecule has 4 rings (SSSR count). The summed E-state index contributed by atoms with van der Waals surface area (Å²) in [6, 6.07) is 9.64. The fourth-order valence-electron chi connectivity index (χ4n) is 2.63. The summed E-state index contributed by atoms with van der Waals surface area (Å²) in [6.07, 6.45) is 1.64. The highest BCUT2D eigenvalue weighted by Gasteiger charge is 2.16. The number of hydrogen-bond donors (Lipinski definition) is 0. The first-order chi connectivity index (χ1) is 12.2. The van der Waals surface area contributed by atoms with E-state index in [1.165, 1.54) is 0 Å². The summed E-state index contributed by atoms with van der Waals surface area (Å²) in [5, 5.41) is 12.5. The summed E-state index contributed by atoms with van der Waals surface area (Å²) < 4.78 is 12.5. The van der Waals surface area contributed by atoms with Gasteiger partial charge in [-0.2, -0.15) is 4.98 Å². The number of rotatable bonds is 4. The molecule has 4 aromatic rings. The van der Waals surface area contributed by atoms with Crippen LogP contribution in [0.3, 0.4) is 0 Å². The summed E-state index contributed by atoms with van der Waals surface area (Å²) in [4.78, 5) is 8.60. The average Bonchev–Trinajstić information content (AvgIpc) is 3.28. The fraction of sp³-hybridized carbons (Fsp3) is 0.235. The van der Waals surface area contributed by atoms with Gasteiger partial charge in [-0.1, -0.05) is 10.4 Å². The van der Waals surface area contributed by atoms with E-state index in [0.29, 0.717) is 23.2 Å². The quantitative estimate of drug-likeness (QED) is 0.565. The lowest BCUT2D eigenvalue weighted by atomic mass is 10.2. The van der Waals surface area contributed by atoms with Crippen molar-refractivity contribution in [2.75, 3.05) is 7.11 Å². The minimum absolute atomic E-state index is 0.241. The Morgan fingerprint density at radius 2 is 2.08 bits per heavy atom. The molecule has 0 amide bonds. The Kier molecular flexibility index (Phi) is 3.64. The number of nitrogens with zero attached hydrogens (tertiary/aromatic N) is 6. The van der Waals surface area contributed by atoms with E-state index in [2.05, 4.69) is 39.3 Å². The van der Waals surface area contributed by atoms with E-state index in [1.807, 2.05) is 28.9 Å². The van der Waals surface area contributed by atoms with Crippen LogP contribution in [-0.2, 0) is 0 Å². The van der Waals surface area contributed by atoms with Crippen LogP contribution in [0.2, 0.25) is 0 Å². The number of aromatic nitrogens is 6. The lowest BCUT2D eigenvalue weighted by molar-refractivity contribution is 0.392. The molecule has 0 saturated carbocycles. The van der Waals surface area contributed by atoms with E-state index in [9.17, 15) is 0 Å². The molecule has 0 saturated heterocycles. The minimum Gasteiger partial charge on any atom is -0.480 e. The van der Waals surface area contributed by atoms with Crippen molar-refractivity contribution in [1.82, 2.24) is 30.1 Å². The van der Waals surface area contributed by atoms with Crippen molar-refractivity contribution >= 4 is 11.0 Å². The summed E-state index contributed by atoms with van der Waals surface area (Å²) >= 11 is 0. The highest BCUT2D eigenvalue weighted by Crippen LogP contribution is 2.29. The Labute approximate surface area is 143 Å². The largest absolute Gasteiger partial charge is 0.480 e. The molecule has 0 aliphatic heterocycles. The van der Waals surface area contributed by atoms with Crippen molar-refractivity contribution in [3.63, 3.8) is 0 Å². The fourth-order valence-corrected chi connectivity index (χ4v) is 2.63. The van der Waals surface area contributed by atoms with E-state index in [0.717, 1.165) is 16.6 Å². The molecule has 0 radical (unpaired) electrons. The van der Waals surface area contributed by atoms with Crippen molar-refractivity contribution < 1.29 is 9.26 Å². The van der Waals surface area contributed by atoms with Crippen molar-refractivity contribution in [1.29, 1.82) is 0 Å². The maximum atomic E-state index is 5.38. The van der Waals surface area contributed by atoms with Crippen LogP contribution in [0.25, 0.3) is 33.9 Å². The molecular weight excluding hydrogens is 320 g/mol. The van der Waals surface area contributed by atoms with Crippen molar-refractivity contribution in [2.45, 2.75) is 19.9 Å². The third kappa shape index (κ3) is 2.61. The molecule has 1 aromatic carbocycles. The molecule has 0 fully saturated rings. The Bertz CT molecular complexity index is 1040. The molecule has 25 heavy (non-hydrogen) atoms. The van der Waals surface area contributed by atoms with E-state index in [1.54, 1.807) is 19.4 Å². The third-order valence-corrected chi connectivity index (χ3v) is 3.84. The minimum atomic E-state index is 0.241. The van der Waals surface area contributed by atoms with Crippen LogP contribution in [0.1, 0.15) is 19.9 Å². The zero-order chi connectivity index (χ0) is 17.4. The first-order valence-corrected chi connectivity index (χ1v) is 7.86. The molecule has 0 aliphatic rings. The van der Waals surface area contributed by atoms with Gasteiger partial charge in [-0.25, -0.2) is 9.67 Å². The van der Waals surface area contributed by atoms with Gasteiger partial charge in [-0.05, 0) is 44.2 Å². The number of pyridine rings is 1. The van der Waals surface area contributed by atoms with Crippen LogP contribution >= 0.6 is 0 Å². The van der Waals surface area contributed by atoms with Gasteiger partial charge in [0, 0.05) is 17.8 Å². The Morgan fingerprint density at radius 3 is 2.88 bits per heavy atom. The van der Waals surface area contributed by atoms with Gasteiger partial charge >= 0.3 is 0 Å². The third-order valence-electron chi connectivity index (χ3n) is 3.84. The van der Waals surface area contributed by atoms with Crippen molar-refractivity contribution in [3.8, 4) is 28.7 Å². The predicted molar refractivity (Wildman–Crippen MR) is 91.0 cm³/mol. The lowest BCUT2D eigenvalue weighted by Crippen LogP contribution is -2.02. The van der Waals surface area contributed by atoms with Gasteiger partial charge in [0.1, 0.15) is 11.1 Å². The average molecular weight is 336 g/mol. The SMILES string of the molecule is COc1ncccc1-c1nc(-c2ccc3c(c2)nnn3C(C)C)no1. The maximum absolute atomic E-state index is 5.38. The van der Waals surface area contributed by atoms with Crippen molar-refractivity contribution in [3.05, 3.63) is 36.5 Å². The summed E-state index contributed by atoms with van der Waals surface area (Å²) in [6.45, 7) is 4.13. The second-order valence-corrected chi connectivity index (χ2v) is 5.81. The molecule has 3 aromatic heterocycles. The van der Waals surface area contributed by atoms with Crippen LogP contribution < -0.4 is 4.74 Å². The second kappa shape index (κ2) is 5.97. The van der Waals surface area contributed by atoms with Crippen molar-refractivity contribution in [2.24, 2.45) is 0 Å². The molecule has 0 atom stereocenters. The number of benzene rings is 1. The number of fused-ring (bicyclic) bond motifs is 1. The first kappa shape index (κ1) is 15.3. The van der Waals surface area contributed by atoms with Gasteiger partial charge in [0.2, 0.25) is 11.7 Å². The molecule has 8 nitrogen and oxygen atoms in total. The van der Waals surface area contributed by atoms with Crippen LogP contribution in [0.4, 0.5) is 0 Å². The van der Waals surface area contributed by atoms with Crippen LogP contribution in [0.15, 0.2) is 41.1 Å². The Morgan fingerprint density at radius 1 is 1.20 bits per heavy atom. The number of hydrogen-bond acceptors (Lipinski definition) is 7. The van der Waals surface area contributed by atoms with E-state index in [-0.39, 0.29) is 6.04 Å². The standard InChI is InChI=1S/C17H16N6O2/c1-10(2)23-14-7-6-11(9-13(14)20-22-23)15-19-17(25-21-15)12-5-4-8-18-16(12)24-3/h4-10H,1-3H3. The van der Waals surface area contributed by atoms with Crippen LogP contribution in [0.5, 0.6) is 5.88 Å². The molecule has 3 heterocycles. The molecule has 0 spiro atoms. The Balaban J connectivity index is 1.74. The molecule has 0 aliphatic carbocycles. The molecule has 126 valence electrons. The van der Waals surface area contributed by atoms with Gasteiger partial charge in [-0.15, -0.1) is 5.10 Å². The summed E-state index contributed by atoms with van der Waals surface area (Å²) in [5.41, 5.74) is 3.21. The summed E-state index contributed by atoms with van der Waals surface area (Å²) in [7, 11) is 1.55. The normalized spacial score (nSPS) is 11.4. The highest BCUT2D eigenvalue weighted by atomic mass is 16.5. The zero-order valence-electron chi connectivity index (χ0n) is 14.0. The summed E-state index contributed by atoms with van der Waals surface area (Å²) in [5.74, 6) is 1.26. The van der Waals surface area contributed by atoms with E-state index in [4.69, 9.17) is 9.26 Å². The number of methoxy groups -OCH3 is 1. The highest BCUT2D eigenvalue weighted by molar-refractivity contribution is 5.80. The predicted octanol–water partition coefficient (Wildman–Crippen LogP) is 3.13. The van der Waals surface area contributed by atoms with E-state index < -0.39 is 0 Å². The first-order valence-electron chi connectivity index (χ1n) is 7.86. The number of ether oxygens (including phenoxy) is 1. The lowest BCUT2D eigenvalue weighted by Gasteiger charge is -2.04. The topological polar surface area (TPSA) is 91.8 Å². The van der Waals surface area contributed by atoms with Gasteiger partial charge in [0.25, 0.3) is 5.89 Å². The second-order valence-electron chi connectivity index (χ2n) is 5.81. The molecule has 8 heteroatoms. The zero-order valence-corrected chi connectivity index (χ0v) is 14.0. The van der Waals surface area contributed by atoms with Crippen LogP contribution in [0, 0.1) is 0 Å². The Hall–Kier alpha value is -3.29. The van der Waals surface area contributed by atoms with Gasteiger partial charge < -0.3 is 9.26 Å². The van der Waals surface area contributed by atoms with Crippen LogP contribution in [-0.4, -0.2) is 37.2 Å². The molecule has 0 unspecified atom stereocenters. The molecule has 0 N–H and O–H groups in total. The van der Waals surface area contributed by atoms with Gasteiger partial charge in [-0.3, -0.25) is 0 Å². The molecular formula is C17H16N6O2. The maximum Gasteiger partial charge on any atom is 0.263 e. The molecule has 0 bridgehead atoms.